The van der Waals surface area contributed by atoms with Crippen LogP contribution >= 0.6 is 0 Å². The zero-order valence-electron chi connectivity index (χ0n) is 17.3. The van der Waals surface area contributed by atoms with Gasteiger partial charge in [0.2, 0.25) is 0 Å². The van der Waals surface area contributed by atoms with Crippen molar-refractivity contribution in [2.24, 2.45) is 0 Å². The summed E-state index contributed by atoms with van der Waals surface area (Å²) in [7, 11) is 0. The van der Waals surface area contributed by atoms with Crippen LogP contribution in [0.2, 0.25) is 0 Å². The molecule has 0 aromatic heterocycles. The van der Waals surface area contributed by atoms with Gasteiger partial charge in [0.25, 0.3) is 0 Å². The zero-order chi connectivity index (χ0) is 15.7. The van der Waals surface area contributed by atoms with Crippen LogP contribution in [0.4, 0.5) is 0 Å². The van der Waals surface area contributed by atoms with Gasteiger partial charge in [0.15, 0.2) is 0 Å². The van der Waals surface area contributed by atoms with Crippen LogP contribution < -0.4 is 59.1 Å². The number of nitrogens with zero attached hydrogens (tertiary/aromatic N) is 2. The fourth-order valence-electron chi connectivity index (χ4n) is 1.48. The van der Waals surface area contributed by atoms with Gasteiger partial charge >= 0.3 is 106 Å². The normalized spacial score (nSPS) is 9.30. The Labute approximate surface area is 198 Å². The summed E-state index contributed by atoms with van der Waals surface area (Å²) in [5.74, 6) is -4.91. The molecular weight excluding hydrogens is 346 g/mol. The van der Waals surface area contributed by atoms with E-state index in [0.29, 0.717) is 0 Å². The van der Waals surface area contributed by atoms with Crippen molar-refractivity contribution in [3.05, 3.63) is 0 Å². The van der Waals surface area contributed by atoms with Crippen molar-refractivity contribution in [3.8, 4) is 0 Å². The van der Waals surface area contributed by atoms with Gasteiger partial charge in [-0.05, 0) is 0 Å². The van der Waals surface area contributed by atoms with E-state index in [-0.39, 0.29) is 101 Å². The maximum Gasteiger partial charge on any atom is 2.00 e. The van der Waals surface area contributed by atoms with Crippen molar-refractivity contribution in [2.45, 2.75) is 0 Å². The molecule has 0 amide bonds. The molecule has 122 valence electrons. The molecule has 10 nitrogen and oxygen atoms in total. The van der Waals surface area contributed by atoms with E-state index in [0.717, 1.165) is 9.80 Å². The van der Waals surface area contributed by atoms with E-state index in [1.807, 2.05) is 0 Å². The standard InChI is InChI=1S/C10H16N2O8.Mg.2Na.4H/c13-7(14)3-11(4-8(15)16)1-2-12(5-9(17)18)6-10(19)20;;;;;;;/h1-6H2,(H,13,14)(H,15,16)(H,17,18)(H,19,20);;;;;;;/q;+2;2*+1;4*-1. The predicted octanol–water partition coefficient (Wildman–Crippen LogP) is -7.99. The van der Waals surface area contributed by atoms with Gasteiger partial charge in [-0.1, -0.05) is 0 Å². The molecule has 0 fully saturated rings. The van der Waals surface area contributed by atoms with Crippen molar-refractivity contribution in [3.63, 3.8) is 0 Å². The van der Waals surface area contributed by atoms with Gasteiger partial charge < -0.3 is 26.1 Å². The molecule has 0 rings (SSSR count). The summed E-state index contributed by atoms with van der Waals surface area (Å²) in [6.07, 6.45) is 0. The molecule has 0 atom stereocenters. The van der Waals surface area contributed by atoms with E-state index in [2.05, 4.69) is 0 Å². The van der Waals surface area contributed by atoms with E-state index >= 15 is 0 Å². The van der Waals surface area contributed by atoms with Gasteiger partial charge in [0.05, 0.1) is 26.2 Å². The third kappa shape index (κ3) is 20.5. The fourth-order valence-corrected chi connectivity index (χ4v) is 1.48. The average Bonchev–Trinajstić information content (AvgIpc) is 2.22. The summed E-state index contributed by atoms with van der Waals surface area (Å²) >= 11 is 0. The van der Waals surface area contributed by atoms with Crippen LogP contribution in [0.15, 0.2) is 0 Å². The Bertz CT molecular complexity index is 347. The van der Waals surface area contributed by atoms with Crippen molar-refractivity contribution in [2.75, 3.05) is 39.3 Å². The Kier molecular flexibility index (Phi) is 23.7. The number of hydrogen-bond donors (Lipinski definition) is 4. The van der Waals surface area contributed by atoms with Crippen LogP contribution in [0.25, 0.3) is 0 Å². The van der Waals surface area contributed by atoms with E-state index in [1.165, 1.54) is 0 Å². The molecular formula is C10H20MgN2Na2O8. The van der Waals surface area contributed by atoms with E-state index in [9.17, 15) is 19.2 Å². The number of rotatable bonds is 11. The molecule has 0 aliphatic carbocycles. The Morgan fingerprint density at radius 3 is 0.913 bits per heavy atom. The second-order valence-electron chi connectivity index (χ2n) is 4.00. The smallest absolute Gasteiger partial charge is 1.00 e. The van der Waals surface area contributed by atoms with E-state index in [4.69, 9.17) is 20.4 Å². The largest absolute Gasteiger partial charge is 2.00 e. The number of carboxylic acids is 4. The summed E-state index contributed by atoms with van der Waals surface area (Å²) in [6.45, 7) is -2.25. The number of aliphatic carboxylic acids is 4. The molecule has 0 heterocycles. The Morgan fingerprint density at radius 2 is 0.783 bits per heavy atom. The van der Waals surface area contributed by atoms with E-state index < -0.39 is 50.1 Å². The fraction of sp³-hybridized carbons (Fsp3) is 0.600. The minimum absolute atomic E-state index is 0. The molecule has 0 aromatic rings. The van der Waals surface area contributed by atoms with Crippen LogP contribution in [0.5, 0.6) is 0 Å². The maximum absolute atomic E-state index is 10.6. The summed E-state index contributed by atoms with van der Waals surface area (Å²) in [5.41, 5.74) is 0. The minimum Gasteiger partial charge on any atom is -1.00 e. The molecule has 0 saturated heterocycles. The minimum atomic E-state index is -1.23. The van der Waals surface area contributed by atoms with Crippen molar-refractivity contribution < 1.29 is 104 Å². The quantitative estimate of drug-likeness (QED) is 0.259. The third-order valence-corrected chi connectivity index (χ3v) is 2.17. The van der Waals surface area contributed by atoms with Crippen LogP contribution in [0, 0.1) is 0 Å². The predicted molar refractivity (Wildman–Crippen MR) is 73.6 cm³/mol. The number of hydrogen-bond acceptors (Lipinski definition) is 6. The maximum atomic E-state index is 10.6. The first kappa shape index (κ1) is 31.3. The summed E-state index contributed by atoms with van der Waals surface area (Å²) < 4.78 is 0. The van der Waals surface area contributed by atoms with Gasteiger partial charge in [-0.3, -0.25) is 29.0 Å². The third-order valence-electron chi connectivity index (χ3n) is 2.17. The molecule has 0 saturated carbocycles. The Balaban J connectivity index is -0.0000000860. The molecule has 4 N–H and O–H groups in total. The monoisotopic (exact) mass is 366 g/mol. The molecule has 0 bridgehead atoms. The SMILES string of the molecule is O=C(O)CN(CCN(CC(=O)O)CC(=O)O)CC(=O)O.[H-].[H-].[H-].[H-].[Mg+2].[Na+].[Na+]. The number of carboxylic acid groups (broad SMARTS) is 4. The van der Waals surface area contributed by atoms with Crippen LogP contribution in [-0.2, 0) is 19.2 Å². The Hall–Kier alpha value is 0.566. The second kappa shape index (κ2) is 17.4. The van der Waals surface area contributed by atoms with Crippen LogP contribution in [0.1, 0.15) is 5.71 Å². The first-order valence-corrected chi connectivity index (χ1v) is 5.52. The molecule has 0 unspecified atom stereocenters. The zero-order valence-corrected chi connectivity index (χ0v) is 18.7. The number of carbonyl (C=O) groups is 4. The molecule has 0 spiro atoms. The Morgan fingerprint density at radius 1 is 0.609 bits per heavy atom. The molecule has 0 radical (unpaired) electrons. The van der Waals surface area contributed by atoms with Crippen molar-refractivity contribution >= 4 is 46.9 Å². The van der Waals surface area contributed by atoms with Crippen molar-refractivity contribution in [1.29, 1.82) is 0 Å². The molecule has 0 aliphatic rings. The van der Waals surface area contributed by atoms with Crippen LogP contribution in [-0.4, -0.2) is 116 Å². The summed E-state index contributed by atoms with van der Waals surface area (Å²) in [4.78, 5) is 44.4. The first-order valence-electron chi connectivity index (χ1n) is 5.52. The average molecular weight is 367 g/mol. The summed E-state index contributed by atoms with van der Waals surface area (Å²) in [5, 5.41) is 34.5. The summed E-state index contributed by atoms with van der Waals surface area (Å²) in [6, 6.07) is 0. The second-order valence-corrected chi connectivity index (χ2v) is 4.00. The molecule has 0 aliphatic heterocycles. The van der Waals surface area contributed by atoms with Gasteiger partial charge in [-0.25, -0.2) is 0 Å². The molecule has 23 heavy (non-hydrogen) atoms. The molecule has 0 aromatic carbocycles. The van der Waals surface area contributed by atoms with Gasteiger partial charge in [0.1, 0.15) is 0 Å². The van der Waals surface area contributed by atoms with Crippen LogP contribution in [0.3, 0.4) is 0 Å². The van der Waals surface area contributed by atoms with Gasteiger partial charge in [-0.2, -0.15) is 0 Å². The van der Waals surface area contributed by atoms with Gasteiger partial charge in [0, 0.05) is 13.1 Å². The van der Waals surface area contributed by atoms with Gasteiger partial charge in [-0.15, -0.1) is 0 Å². The van der Waals surface area contributed by atoms with Crippen molar-refractivity contribution in [1.82, 2.24) is 9.80 Å². The first-order chi connectivity index (χ1) is 9.20. The molecule has 13 heteroatoms. The van der Waals surface area contributed by atoms with E-state index in [1.54, 1.807) is 0 Å². The topological polar surface area (TPSA) is 156 Å².